The summed E-state index contributed by atoms with van der Waals surface area (Å²) in [5, 5.41) is 10.0. The molecule has 4 heteroatoms. The van der Waals surface area contributed by atoms with Gasteiger partial charge in [0.25, 0.3) is 0 Å². The maximum absolute atomic E-state index is 10.8. The molecule has 1 N–H and O–H groups in total. The molecule has 0 saturated heterocycles. The van der Waals surface area contributed by atoms with Crippen LogP contribution in [0.2, 0.25) is 5.02 Å². The Morgan fingerprint density at radius 3 is 2.93 bits per heavy atom. The van der Waals surface area contributed by atoms with Crippen molar-refractivity contribution in [1.82, 2.24) is 0 Å². The van der Waals surface area contributed by atoms with Crippen molar-refractivity contribution in [2.45, 2.75) is 6.61 Å². The second-order valence-electron chi connectivity index (χ2n) is 2.83. The van der Waals surface area contributed by atoms with Gasteiger partial charge in [-0.2, -0.15) is 0 Å². The molecule has 0 atom stereocenters. The molecule has 1 heterocycles. The van der Waals surface area contributed by atoms with Crippen molar-refractivity contribution in [3.63, 3.8) is 0 Å². The molecule has 2 rings (SSSR count). The van der Waals surface area contributed by atoms with E-state index in [1.807, 2.05) is 0 Å². The predicted molar refractivity (Wildman–Crippen MR) is 52.5 cm³/mol. The quantitative estimate of drug-likeness (QED) is 0.775. The normalized spacial score (nSPS) is 10.7. The molecule has 0 unspecified atom stereocenters. The van der Waals surface area contributed by atoms with Gasteiger partial charge in [-0.25, -0.2) is 0 Å². The van der Waals surface area contributed by atoms with Crippen LogP contribution in [0, 0.1) is 0 Å². The van der Waals surface area contributed by atoms with Gasteiger partial charge in [-0.1, -0.05) is 23.7 Å². The Hall–Kier alpha value is -1.32. The van der Waals surface area contributed by atoms with Gasteiger partial charge < -0.3 is 9.52 Å². The number of aliphatic hydroxyl groups excluding tert-OH is 1. The summed E-state index contributed by atoms with van der Waals surface area (Å²) >= 11 is 5.86. The number of hydrogen-bond acceptors (Lipinski definition) is 3. The third-order valence-corrected chi connectivity index (χ3v) is 2.34. The second kappa shape index (κ2) is 3.44. The molecule has 14 heavy (non-hydrogen) atoms. The number of benzene rings is 1. The summed E-state index contributed by atoms with van der Waals surface area (Å²) < 4.78 is 5.26. The van der Waals surface area contributed by atoms with Gasteiger partial charge in [0, 0.05) is 5.39 Å². The monoisotopic (exact) mass is 210 g/mol. The number of aldehydes is 1. The van der Waals surface area contributed by atoms with Crippen LogP contribution < -0.4 is 0 Å². The number of carbonyl (C=O) groups is 1. The van der Waals surface area contributed by atoms with E-state index < -0.39 is 0 Å². The van der Waals surface area contributed by atoms with Gasteiger partial charge in [0.1, 0.15) is 12.4 Å². The van der Waals surface area contributed by atoms with E-state index in [-0.39, 0.29) is 12.4 Å². The van der Waals surface area contributed by atoms with E-state index in [0.29, 0.717) is 27.8 Å². The fourth-order valence-electron chi connectivity index (χ4n) is 1.40. The molecule has 0 aliphatic carbocycles. The first kappa shape index (κ1) is 9.24. The summed E-state index contributed by atoms with van der Waals surface area (Å²) in [6.45, 7) is -0.306. The molecule has 0 spiro atoms. The molecule has 0 bridgehead atoms. The first-order chi connectivity index (χ1) is 6.77. The lowest BCUT2D eigenvalue weighted by molar-refractivity contribution is 0.111. The largest absolute Gasteiger partial charge is 0.456 e. The Morgan fingerprint density at radius 1 is 1.50 bits per heavy atom. The van der Waals surface area contributed by atoms with Crippen molar-refractivity contribution < 1.29 is 14.3 Å². The fraction of sp³-hybridized carbons (Fsp3) is 0.100. The van der Waals surface area contributed by atoms with E-state index in [4.69, 9.17) is 21.1 Å². The van der Waals surface area contributed by atoms with Crippen LogP contribution in [0.4, 0.5) is 0 Å². The lowest BCUT2D eigenvalue weighted by Crippen LogP contribution is -1.85. The van der Waals surface area contributed by atoms with Crippen LogP contribution in [0.3, 0.4) is 0 Å². The van der Waals surface area contributed by atoms with Crippen LogP contribution in [0.25, 0.3) is 11.0 Å². The molecule has 0 aliphatic heterocycles. The molecule has 0 saturated carbocycles. The highest BCUT2D eigenvalue weighted by Gasteiger charge is 2.14. The van der Waals surface area contributed by atoms with Gasteiger partial charge in [-0.3, -0.25) is 4.79 Å². The SMILES string of the molecule is O=Cc1c(CO)oc2c(Cl)cccc12. The van der Waals surface area contributed by atoms with Crippen molar-refractivity contribution in [1.29, 1.82) is 0 Å². The summed E-state index contributed by atoms with van der Waals surface area (Å²) in [6.07, 6.45) is 0.660. The summed E-state index contributed by atoms with van der Waals surface area (Å²) in [6, 6.07) is 5.13. The molecule has 0 fully saturated rings. The zero-order valence-electron chi connectivity index (χ0n) is 7.16. The van der Waals surface area contributed by atoms with E-state index in [9.17, 15) is 4.79 Å². The fourth-order valence-corrected chi connectivity index (χ4v) is 1.61. The molecule has 1 aromatic carbocycles. The number of rotatable bonds is 2. The second-order valence-corrected chi connectivity index (χ2v) is 3.24. The van der Waals surface area contributed by atoms with Crippen molar-refractivity contribution in [3.05, 3.63) is 34.5 Å². The Morgan fingerprint density at radius 2 is 2.29 bits per heavy atom. The van der Waals surface area contributed by atoms with Crippen LogP contribution in [0.1, 0.15) is 16.1 Å². The third-order valence-electron chi connectivity index (χ3n) is 2.04. The maximum atomic E-state index is 10.8. The average Bonchev–Trinajstić information content (AvgIpc) is 2.57. The minimum atomic E-state index is -0.306. The van der Waals surface area contributed by atoms with Crippen molar-refractivity contribution in [2.24, 2.45) is 0 Å². The van der Waals surface area contributed by atoms with E-state index in [0.717, 1.165) is 0 Å². The predicted octanol–water partition coefficient (Wildman–Crippen LogP) is 2.39. The minimum absolute atomic E-state index is 0.253. The van der Waals surface area contributed by atoms with Crippen LogP contribution in [-0.4, -0.2) is 11.4 Å². The highest BCUT2D eigenvalue weighted by molar-refractivity contribution is 6.35. The summed E-state index contributed by atoms with van der Waals surface area (Å²) in [5.74, 6) is 0.253. The lowest BCUT2D eigenvalue weighted by Gasteiger charge is -1.89. The Kier molecular flexibility index (Phi) is 2.27. The van der Waals surface area contributed by atoms with E-state index >= 15 is 0 Å². The highest BCUT2D eigenvalue weighted by Crippen LogP contribution is 2.30. The van der Waals surface area contributed by atoms with Crippen LogP contribution in [-0.2, 0) is 6.61 Å². The van der Waals surface area contributed by atoms with Crippen LogP contribution in [0.15, 0.2) is 22.6 Å². The highest BCUT2D eigenvalue weighted by atomic mass is 35.5. The molecule has 72 valence electrons. The zero-order chi connectivity index (χ0) is 10.1. The summed E-state index contributed by atoms with van der Waals surface area (Å²) in [4.78, 5) is 10.8. The van der Waals surface area contributed by atoms with Crippen LogP contribution >= 0.6 is 11.6 Å². The van der Waals surface area contributed by atoms with Gasteiger partial charge in [0.15, 0.2) is 11.9 Å². The van der Waals surface area contributed by atoms with Crippen molar-refractivity contribution in [3.8, 4) is 0 Å². The van der Waals surface area contributed by atoms with Gasteiger partial charge in [-0.15, -0.1) is 0 Å². The molecular weight excluding hydrogens is 204 g/mol. The summed E-state index contributed by atoms with van der Waals surface area (Å²) in [5.41, 5.74) is 0.810. The molecule has 2 aromatic rings. The molecule has 3 nitrogen and oxygen atoms in total. The summed E-state index contributed by atoms with van der Waals surface area (Å²) in [7, 11) is 0. The van der Waals surface area contributed by atoms with E-state index in [1.165, 1.54) is 0 Å². The van der Waals surface area contributed by atoms with Crippen LogP contribution in [0.5, 0.6) is 0 Å². The zero-order valence-corrected chi connectivity index (χ0v) is 7.91. The maximum Gasteiger partial charge on any atom is 0.154 e. The number of carbonyl (C=O) groups excluding carboxylic acids is 1. The number of aliphatic hydroxyl groups is 1. The Bertz CT molecular complexity index is 487. The van der Waals surface area contributed by atoms with Gasteiger partial charge in [0.2, 0.25) is 0 Å². The molecule has 0 aliphatic rings. The topological polar surface area (TPSA) is 50.4 Å². The molecule has 0 radical (unpaired) electrons. The Labute approximate surface area is 84.9 Å². The molecule has 1 aromatic heterocycles. The minimum Gasteiger partial charge on any atom is -0.456 e. The van der Waals surface area contributed by atoms with E-state index in [2.05, 4.69) is 0 Å². The number of furan rings is 1. The first-order valence-corrected chi connectivity index (χ1v) is 4.41. The van der Waals surface area contributed by atoms with Gasteiger partial charge >= 0.3 is 0 Å². The lowest BCUT2D eigenvalue weighted by atomic mass is 10.1. The van der Waals surface area contributed by atoms with E-state index in [1.54, 1.807) is 18.2 Å². The number of hydrogen-bond donors (Lipinski definition) is 1. The molecule has 0 amide bonds. The molecular formula is C10H7ClO3. The van der Waals surface area contributed by atoms with Gasteiger partial charge in [0.05, 0.1) is 10.6 Å². The van der Waals surface area contributed by atoms with Crippen molar-refractivity contribution >= 4 is 28.9 Å². The third kappa shape index (κ3) is 1.22. The first-order valence-electron chi connectivity index (χ1n) is 4.04. The smallest absolute Gasteiger partial charge is 0.154 e. The Balaban J connectivity index is 2.86. The average molecular weight is 211 g/mol. The van der Waals surface area contributed by atoms with Crippen molar-refractivity contribution in [2.75, 3.05) is 0 Å². The van der Waals surface area contributed by atoms with Gasteiger partial charge in [-0.05, 0) is 6.07 Å². The standard InChI is InChI=1S/C10H7ClO3/c11-8-3-1-2-6-7(4-12)9(5-13)14-10(6)8/h1-4,13H,5H2. The number of fused-ring (bicyclic) bond motifs is 1. The number of halogens is 1. The number of para-hydroxylation sites is 1.